The summed E-state index contributed by atoms with van der Waals surface area (Å²) in [6.07, 6.45) is 3.56. The fourth-order valence-electron chi connectivity index (χ4n) is 3.50. The highest BCUT2D eigenvalue weighted by atomic mass is 16.2. The summed E-state index contributed by atoms with van der Waals surface area (Å²) >= 11 is 0. The lowest BCUT2D eigenvalue weighted by Gasteiger charge is -2.38. The molecule has 1 aliphatic heterocycles. The third-order valence-corrected chi connectivity index (χ3v) is 5.23. The van der Waals surface area contributed by atoms with Crippen molar-refractivity contribution in [3.63, 3.8) is 0 Å². The molecule has 0 aliphatic carbocycles. The number of benzene rings is 1. The van der Waals surface area contributed by atoms with Gasteiger partial charge in [-0.05, 0) is 36.6 Å². The molecule has 28 heavy (non-hydrogen) atoms. The van der Waals surface area contributed by atoms with Crippen LogP contribution in [0.1, 0.15) is 29.8 Å². The minimum absolute atomic E-state index is 0.00804. The molecule has 2 heterocycles. The molecule has 6 heteroatoms. The van der Waals surface area contributed by atoms with Crippen LogP contribution < -0.4 is 10.2 Å². The molecular weight excluding hydrogens is 352 g/mol. The number of nitrogens with zero attached hydrogens (tertiary/aromatic N) is 3. The second kappa shape index (κ2) is 8.87. The van der Waals surface area contributed by atoms with Gasteiger partial charge in [-0.1, -0.05) is 32.0 Å². The molecular formula is C22H28N4O2. The second-order valence-electron chi connectivity index (χ2n) is 7.53. The Morgan fingerprint density at radius 1 is 1.00 bits per heavy atom. The van der Waals surface area contributed by atoms with Crippen molar-refractivity contribution in [1.82, 2.24) is 15.2 Å². The van der Waals surface area contributed by atoms with E-state index in [1.807, 2.05) is 56.0 Å². The van der Waals surface area contributed by atoms with Gasteiger partial charge in [-0.15, -0.1) is 0 Å². The van der Waals surface area contributed by atoms with Gasteiger partial charge in [0.15, 0.2) is 0 Å². The minimum Gasteiger partial charge on any atom is -0.368 e. The molecule has 0 bridgehead atoms. The first-order valence-corrected chi connectivity index (χ1v) is 9.77. The Labute approximate surface area is 166 Å². The summed E-state index contributed by atoms with van der Waals surface area (Å²) in [6.45, 7) is 8.66. The predicted octanol–water partition coefficient (Wildman–Crippen LogP) is 2.49. The van der Waals surface area contributed by atoms with Crippen molar-refractivity contribution in [2.45, 2.75) is 26.8 Å². The fourth-order valence-corrected chi connectivity index (χ4v) is 3.50. The van der Waals surface area contributed by atoms with E-state index in [-0.39, 0.29) is 17.7 Å². The average Bonchev–Trinajstić information content (AvgIpc) is 2.72. The minimum atomic E-state index is -0.528. The number of anilines is 1. The van der Waals surface area contributed by atoms with Crippen LogP contribution in [0.2, 0.25) is 0 Å². The molecule has 1 aromatic heterocycles. The summed E-state index contributed by atoms with van der Waals surface area (Å²) in [7, 11) is 0. The Morgan fingerprint density at radius 2 is 1.64 bits per heavy atom. The molecule has 1 aliphatic rings. The van der Waals surface area contributed by atoms with Crippen LogP contribution in [0, 0.1) is 12.8 Å². The third-order valence-electron chi connectivity index (χ3n) is 5.23. The molecule has 1 saturated heterocycles. The first-order chi connectivity index (χ1) is 13.5. The quantitative estimate of drug-likeness (QED) is 0.866. The number of aromatic nitrogens is 1. The molecule has 0 radical (unpaired) electrons. The van der Waals surface area contributed by atoms with Gasteiger partial charge in [-0.3, -0.25) is 14.6 Å². The summed E-state index contributed by atoms with van der Waals surface area (Å²) in [5, 5.41) is 2.96. The Morgan fingerprint density at radius 3 is 2.25 bits per heavy atom. The van der Waals surface area contributed by atoms with Gasteiger partial charge in [0, 0.05) is 49.8 Å². The van der Waals surface area contributed by atoms with E-state index in [0.717, 1.165) is 24.3 Å². The molecule has 3 rings (SSSR count). The van der Waals surface area contributed by atoms with Crippen molar-refractivity contribution < 1.29 is 9.59 Å². The maximum absolute atomic E-state index is 13.1. The number of amides is 2. The number of piperazine rings is 1. The molecule has 0 unspecified atom stereocenters. The van der Waals surface area contributed by atoms with E-state index in [4.69, 9.17) is 0 Å². The van der Waals surface area contributed by atoms with Crippen LogP contribution in [0.15, 0.2) is 48.8 Å². The van der Waals surface area contributed by atoms with Crippen molar-refractivity contribution in [2.24, 2.45) is 5.92 Å². The van der Waals surface area contributed by atoms with Crippen LogP contribution in [0.5, 0.6) is 0 Å². The van der Waals surface area contributed by atoms with Gasteiger partial charge in [-0.2, -0.15) is 0 Å². The number of hydrogen-bond acceptors (Lipinski definition) is 4. The predicted molar refractivity (Wildman–Crippen MR) is 110 cm³/mol. The molecule has 6 nitrogen and oxygen atoms in total. The Kier molecular flexibility index (Phi) is 6.29. The number of pyridine rings is 1. The molecule has 1 aromatic carbocycles. The first kappa shape index (κ1) is 19.9. The summed E-state index contributed by atoms with van der Waals surface area (Å²) < 4.78 is 0. The zero-order valence-corrected chi connectivity index (χ0v) is 16.8. The smallest absolute Gasteiger partial charge is 0.252 e. The number of rotatable bonds is 5. The lowest BCUT2D eigenvalue weighted by Crippen LogP contribution is -2.56. The van der Waals surface area contributed by atoms with E-state index in [1.54, 1.807) is 18.5 Å². The molecule has 1 atom stereocenters. The van der Waals surface area contributed by atoms with Crippen LogP contribution in [0.4, 0.5) is 5.69 Å². The maximum atomic E-state index is 13.1. The van der Waals surface area contributed by atoms with Gasteiger partial charge in [0.2, 0.25) is 5.91 Å². The number of aryl methyl sites for hydroxylation is 1. The topological polar surface area (TPSA) is 65.5 Å². The first-order valence-electron chi connectivity index (χ1n) is 9.77. The van der Waals surface area contributed by atoms with Gasteiger partial charge < -0.3 is 15.1 Å². The van der Waals surface area contributed by atoms with Gasteiger partial charge in [-0.25, -0.2) is 0 Å². The Bertz CT molecular complexity index is 814. The molecule has 1 fully saturated rings. The van der Waals surface area contributed by atoms with E-state index in [0.29, 0.717) is 18.7 Å². The van der Waals surface area contributed by atoms with E-state index >= 15 is 0 Å². The van der Waals surface area contributed by atoms with Gasteiger partial charge in [0.25, 0.3) is 5.91 Å². The zero-order valence-electron chi connectivity index (χ0n) is 16.8. The highest BCUT2D eigenvalue weighted by Crippen LogP contribution is 2.17. The van der Waals surface area contributed by atoms with Gasteiger partial charge in [0.1, 0.15) is 6.04 Å². The lowest BCUT2D eigenvalue weighted by molar-refractivity contribution is -0.134. The number of carbonyl (C=O) groups excluding carboxylic acids is 2. The van der Waals surface area contributed by atoms with Crippen molar-refractivity contribution in [2.75, 3.05) is 31.1 Å². The lowest BCUT2D eigenvalue weighted by atomic mass is 10.0. The highest BCUT2D eigenvalue weighted by Gasteiger charge is 2.31. The normalized spacial score (nSPS) is 15.4. The molecule has 0 saturated carbocycles. The van der Waals surface area contributed by atoms with Crippen LogP contribution in [-0.4, -0.2) is 53.9 Å². The summed E-state index contributed by atoms with van der Waals surface area (Å²) in [4.78, 5) is 34.0. The third kappa shape index (κ3) is 4.50. The summed E-state index contributed by atoms with van der Waals surface area (Å²) in [5.74, 6) is -0.189. The maximum Gasteiger partial charge on any atom is 0.252 e. The number of carbonyl (C=O) groups is 2. The van der Waals surface area contributed by atoms with E-state index in [9.17, 15) is 9.59 Å². The van der Waals surface area contributed by atoms with E-state index < -0.39 is 6.04 Å². The van der Waals surface area contributed by atoms with Gasteiger partial charge in [0.05, 0.1) is 0 Å². The van der Waals surface area contributed by atoms with Crippen LogP contribution in [-0.2, 0) is 4.79 Å². The van der Waals surface area contributed by atoms with E-state index in [1.165, 1.54) is 0 Å². The standard InChI is InChI=1S/C22H28N4O2/c1-16(2)20(24-21(27)19-7-5-4-6-17(19)3)22(28)26-14-12-25(13-15-26)18-8-10-23-11-9-18/h4-11,16,20H,12-15H2,1-3H3,(H,24,27)/t20-/m0/s1. The van der Waals surface area contributed by atoms with Crippen LogP contribution >= 0.6 is 0 Å². The highest BCUT2D eigenvalue weighted by molar-refractivity contribution is 5.98. The average molecular weight is 380 g/mol. The summed E-state index contributed by atoms with van der Waals surface area (Å²) in [5.41, 5.74) is 2.64. The number of hydrogen-bond donors (Lipinski definition) is 1. The monoisotopic (exact) mass is 380 g/mol. The van der Waals surface area contributed by atoms with Crippen molar-refractivity contribution in [3.8, 4) is 0 Å². The molecule has 148 valence electrons. The van der Waals surface area contributed by atoms with E-state index in [2.05, 4.69) is 15.2 Å². The van der Waals surface area contributed by atoms with Crippen LogP contribution in [0.25, 0.3) is 0 Å². The fraction of sp³-hybridized carbons (Fsp3) is 0.409. The van der Waals surface area contributed by atoms with Crippen molar-refractivity contribution in [1.29, 1.82) is 0 Å². The van der Waals surface area contributed by atoms with Gasteiger partial charge >= 0.3 is 0 Å². The van der Waals surface area contributed by atoms with Crippen molar-refractivity contribution >= 4 is 17.5 Å². The Hall–Kier alpha value is -2.89. The molecule has 2 aromatic rings. The second-order valence-corrected chi connectivity index (χ2v) is 7.53. The van der Waals surface area contributed by atoms with Crippen LogP contribution in [0.3, 0.4) is 0 Å². The van der Waals surface area contributed by atoms with Crippen molar-refractivity contribution in [3.05, 3.63) is 59.9 Å². The molecule has 0 spiro atoms. The molecule has 2 amide bonds. The summed E-state index contributed by atoms with van der Waals surface area (Å²) in [6, 6.07) is 10.9. The largest absolute Gasteiger partial charge is 0.368 e. The SMILES string of the molecule is Cc1ccccc1C(=O)N[C@H](C(=O)N1CCN(c2ccncc2)CC1)C(C)C. The molecule has 1 N–H and O–H groups in total. The number of nitrogens with one attached hydrogen (secondary N) is 1. The zero-order chi connectivity index (χ0) is 20.1. The Balaban J connectivity index is 1.64.